The number of carbonyl (C=O) groups is 2. The molecule has 0 atom stereocenters. The first kappa shape index (κ1) is 17.3. The van der Waals surface area contributed by atoms with Gasteiger partial charge in [0.1, 0.15) is 12.4 Å². The maximum absolute atomic E-state index is 11.9. The zero-order chi connectivity index (χ0) is 16.7. The van der Waals surface area contributed by atoms with Gasteiger partial charge in [-0.2, -0.15) is 0 Å². The number of hydrogen-bond donors (Lipinski definition) is 3. The van der Waals surface area contributed by atoms with Crippen molar-refractivity contribution in [3.63, 3.8) is 0 Å². The third-order valence-electron chi connectivity index (χ3n) is 4.19. The number of aryl methyl sites for hydroxylation is 1. The highest BCUT2D eigenvalue weighted by molar-refractivity contribution is 5.77. The van der Waals surface area contributed by atoms with Gasteiger partial charge in [-0.05, 0) is 24.6 Å². The van der Waals surface area contributed by atoms with Crippen LogP contribution in [0.1, 0.15) is 18.4 Å². The van der Waals surface area contributed by atoms with Gasteiger partial charge >= 0.3 is 0 Å². The van der Waals surface area contributed by atoms with Crippen LogP contribution >= 0.6 is 0 Å². The monoisotopic (exact) mass is 320 g/mol. The Labute approximate surface area is 137 Å². The Bertz CT molecular complexity index is 540. The molecule has 2 rings (SSSR count). The predicted octanol–water partition coefficient (Wildman–Crippen LogP) is -0.730. The first-order valence-electron chi connectivity index (χ1n) is 8.13. The third kappa shape index (κ3) is 5.90. The summed E-state index contributed by atoms with van der Waals surface area (Å²) in [7, 11) is 0. The van der Waals surface area contributed by atoms with Crippen LogP contribution in [0.25, 0.3) is 0 Å². The number of nitrogens with two attached hydrogens (primary N) is 1. The number of nitrogens with one attached hydrogen (secondary N) is 2. The smallest absolute Gasteiger partial charge is 0.275 e. The van der Waals surface area contributed by atoms with Crippen molar-refractivity contribution in [1.82, 2.24) is 5.32 Å². The minimum absolute atomic E-state index is 0.0189. The number of rotatable bonds is 7. The molecule has 1 aromatic carbocycles. The topological polar surface area (TPSA) is 85.9 Å². The summed E-state index contributed by atoms with van der Waals surface area (Å²) in [6.07, 6.45) is 1.54. The first-order valence-corrected chi connectivity index (χ1v) is 8.13. The van der Waals surface area contributed by atoms with Crippen LogP contribution in [-0.2, 0) is 9.59 Å². The van der Waals surface area contributed by atoms with E-state index in [-0.39, 0.29) is 17.7 Å². The fraction of sp³-hybridized carbons (Fsp3) is 0.529. The van der Waals surface area contributed by atoms with Gasteiger partial charge in [-0.15, -0.1) is 0 Å². The quantitative estimate of drug-likeness (QED) is 0.579. The molecule has 0 spiro atoms. The zero-order valence-corrected chi connectivity index (χ0v) is 13.6. The maximum atomic E-state index is 11.9. The van der Waals surface area contributed by atoms with Crippen molar-refractivity contribution in [2.75, 3.05) is 32.8 Å². The number of primary amides is 1. The van der Waals surface area contributed by atoms with E-state index in [2.05, 4.69) is 5.32 Å². The number of quaternary nitrogens is 1. The third-order valence-corrected chi connectivity index (χ3v) is 4.19. The van der Waals surface area contributed by atoms with Crippen molar-refractivity contribution in [1.29, 1.82) is 0 Å². The number of likely N-dealkylation sites (tertiary alicyclic amines) is 1. The predicted molar refractivity (Wildman–Crippen MR) is 87.2 cm³/mol. The minimum atomic E-state index is -0.221. The van der Waals surface area contributed by atoms with Gasteiger partial charge in [0.25, 0.3) is 5.91 Å². The lowest BCUT2D eigenvalue weighted by Gasteiger charge is -2.27. The molecule has 126 valence electrons. The van der Waals surface area contributed by atoms with E-state index in [4.69, 9.17) is 10.5 Å². The highest BCUT2D eigenvalue weighted by atomic mass is 16.5. The molecule has 0 aliphatic carbocycles. The molecule has 1 saturated heterocycles. The van der Waals surface area contributed by atoms with Gasteiger partial charge in [-0.3, -0.25) is 9.59 Å². The molecule has 1 aromatic rings. The molecule has 6 heteroatoms. The standard InChI is InChI=1S/C17H25N3O3/c1-13-3-2-4-15(11-13)23-10-7-19-16(21)12-20-8-5-14(6-9-20)17(18)22/h2-4,11,14H,5-10,12H2,1H3,(H2,18,22)(H,19,21)/p+1. The maximum Gasteiger partial charge on any atom is 0.275 e. The fourth-order valence-corrected chi connectivity index (χ4v) is 2.84. The number of amides is 2. The van der Waals surface area contributed by atoms with Crippen molar-refractivity contribution in [2.24, 2.45) is 11.7 Å². The lowest BCUT2D eigenvalue weighted by atomic mass is 9.96. The van der Waals surface area contributed by atoms with E-state index in [1.807, 2.05) is 31.2 Å². The molecular formula is C17H26N3O3+. The number of benzene rings is 1. The van der Waals surface area contributed by atoms with Gasteiger partial charge in [0.15, 0.2) is 6.54 Å². The summed E-state index contributed by atoms with van der Waals surface area (Å²) in [5.41, 5.74) is 6.46. The summed E-state index contributed by atoms with van der Waals surface area (Å²) >= 11 is 0. The molecule has 1 aliphatic heterocycles. The van der Waals surface area contributed by atoms with Gasteiger partial charge in [-0.1, -0.05) is 12.1 Å². The molecular weight excluding hydrogens is 294 g/mol. The summed E-state index contributed by atoms with van der Waals surface area (Å²) in [5.74, 6) is 0.593. The Hall–Kier alpha value is -2.08. The van der Waals surface area contributed by atoms with Crippen LogP contribution in [0, 0.1) is 12.8 Å². The molecule has 23 heavy (non-hydrogen) atoms. The Kier molecular flexibility index (Phi) is 6.40. The average Bonchev–Trinajstić information content (AvgIpc) is 2.52. The van der Waals surface area contributed by atoms with Crippen LogP contribution in [0.15, 0.2) is 24.3 Å². The van der Waals surface area contributed by atoms with Crippen LogP contribution in [-0.4, -0.2) is 44.6 Å². The highest BCUT2D eigenvalue weighted by Gasteiger charge is 2.26. The van der Waals surface area contributed by atoms with Crippen molar-refractivity contribution < 1.29 is 19.2 Å². The van der Waals surface area contributed by atoms with Crippen molar-refractivity contribution in [2.45, 2.75) is 19.8 Å². The van der Waals surface area contributed by atoms with Gasteiger partial charge in [0, 0.05) is 18.8 Å². The summed E-state index contributed by atoms with van der Waals surface area (Å²) in [5, 5.41) is 2.87. The van der Waals surface area contributed by atoms with Gasteiger partial charge in [-0.25, -0.2) is 0 Å². The van der Waals surface area contributed by atoms with Crippen LogP contribution in [0.4, 0.5) is 0 Å². The Balaban J connectivity index is 1.59. The number of hydrogen-bond acceptors (Lipinski definition) is 3. The molecule has 2 amide bonds. The number of carbonyl (C=O) groups excluding carboxylic acids is 2. The van der Waals surface area contributed by atoms with Crippen molar-refractivity contribution in [3.05, 3.63) is 29.8 Å². The second-order valence-corrected chi connectivity index (χ2v) is 6.12. The largest absolute Gasteiger partial charge is 0.492 e. The lowest BCUT2D eigenvalue weighted by molar-refractivity contribution is -0.897. The van der Waals surface area contributed by atoms with Gasteiger partial charge < -0.3 is 20.7 Å². The van der Waals surface area contributed by atoms with Crippen LogP contribution in [0.5, 0.6) is 5.75 Å². The molecule has 0 aromatic heterocycles. The number of ether oxygens (including phenoxy) is 1. The van der Waals surface area contributed by atoms with E-state index in [1.54, 1.807) is 0 Å². The van der Waals surface area contributed by atoms with E-state index in [0.29, 0.717) is 19.7 Å². The molecule has 0 bridgehead atoms. The van der Waals surface area contributed by atoms with Gasteiger partial charge in [0.05, 0.1) is 19.6 Å². The zero-order valence-electron chi connectivity index (χ0n) is 13.6. The second-order valence-electron chi connectivity index (χ2n) is 6.12. The molecule has 1 aliphatic rings. The molecule has 0 saturated carbocycles. The lowest BCUT2D eigenvalue weighted by Crippen LogP contribution is -3.14. The van der Waals surface area contributed by atoms with Crippen LogP contribution < -0.4 is 20.7 Å². The fourth-order valence-electron chi connectivity index (χ4n) is 2.84. The molecule has 1 fully saturated rings. The van der Waals surface area contributed by atoms with Crippen molar-refractivity contribution in [3.8, 4) is 5.75 Å². The normalized spacial score (nSPS) is 20.7. The Morgan fingerprint density at radius 3 is 2.74 bits per heavy atom. The van der Waals surface area contributed by atoms with E-state index in [9.17, 15) is 9.59 Å². The van der Waals surface area contributed by atoms with Gasteiger partial charge in [0.2, 0.25) is 5.91 Å². The van der Waals surface area contributed by atoms with E-state index < -0.39 is 0 Å². The van der Waals surface area contributed by atoms with Crippen LogP contribution in [0.2, 0.25) is 0 Å². The summed E-state index contributed by atoms with van der Waals surface area (Å²) < 4.78 is 5.59. The summed E-state index contributed by atoms with van der Waals surface area (Å²) in [6, 6.07) is 7.83. The SMILES string of the molecule is Cc1cccc(OCCNC(=O)C[NH+]2CCC(C(N)=O)CC2)c1. The van der Waals surface area contributed by atoms with E-state index in [0.717, 1.165) is 37.2 Å². The van der Waals surface area contributed by atoms with E-state index >= 15 is 0 Å². The van der Waals surface area contributed by atoms with Crippen LogP contribution in [0.3, 0.4) is 0 Å². The molecule has 6 nitrogen and oxygen atoms in total. The minimum Gasteiger partial charge on any atom is -0.492 e. The Morgan fingerprint density at radius 1 is 1.35 bits per heavy atom. The first-order chi connectivity index (χ1) is 11.0. The molecule has 0 unspecified atom stereocenters. The molecule has 4 N–H and O–H groups in total. The molecule has 0 radical (unpaired) electrons. The summed E-state index contributed by atoms with van der Waals surface area (Å²) in [6.45, 7) is 5.04. The average molecular weight is 320 g/mol. The second kappa shape index (κ2) is 8.53. The van der Waals surface area contributed by atoms with E-state index in [1.165, 1.54) is 4.90 Å². The molecule has 1 heterocycles. The summed E-state index contributed by atoms with van der Waals surface area (Å²) in [4.78, 5) is 24.2. The highest BCUT2D eigenvalue weighted by Crippen LogP contribution is 2.11. The number of piperidine rings is 1. The Morgan fingerprint density at radius 2 is 2.09 bits per heavy atom. The van der Waals surface area contributed by atoms with Crippen molar-refractivity contribution >= 4 is 11.8 Å².